The van der Waals surface area contributed by atoms with Gasteiger partial charge in [-0.3, -0.25) is 19.2 Å². The number of anilines is 1. The zero-order valence-electron chi connectivity index (χ0n) is 22.9. The first-order chi connectivity index (χ1) is 18.5. The van der Waals surface area contributed by atoms with E-state index < -0.39 is 47.6 Å². The molecule has 4 amide bonds. The number of rotatable bonds is 11. The van der Waals surface area contributed by atoms with Crippen LogP contribution in [0.1, 0.15) is 39.7 Å². The second-order valence-corrected chi connectivity index (χ2v) is 10.4. The van der Waals surface area contributed by atoms with E-state index >= 15 is 0 Å². The summed E-state index contributed by atoms with van der Waals surface area (Å²) in [6.45, 7) is 7.62. The van der Waals surface area contributed by atoms with E-state index in [-0.39, 0.29) is 24.9 Å². The predicted octanol–water partition coefficient (Wildman–Crippen LogP) is 2.31. The van der Waals surface area contributed by atoms with Gasteiger partial charge in [-0.2, -0.15) is 0 Å². The molecule has 2 aromatic carbocycles. The van der Waals surface area contributed by atoms with Gasteiger partial charge in [-0.25, -0.2) is 4.39 Å². The Hall–Kier alpha value is -3.79. The molecule has 1 fully saturated rings. The van der Waals surface area contributed by atoms with Gasteiger partial charge in [-0.05, 0) is 63.4 Å². The molecule has 1 heterocycles. The number of nitrogens with two attached hydrogens (primary N) is 1. The second-order valence-electron chi connectivity index (χ2n) is 10.4. The third-order valence-electron chi connectivity index (χ3n) is 7.08. The number of hydrogen-bond acceptors (Lipinski definition) is 5. The fourth-order valence-electron chi connectivity index (χ4n) is 4.63. The largest absolute Gasteiger partial charge is 0.350 e. The van der Waals surface area contributed by atoms with Crippen LogP contribution in [0.15, 0.2) is 54.6 Å². The van der Waals surface area contributed by atoms with E-state index in [9.17, 15) is 23.6 Å². The number of nitrogens with zero attached hydrogens (tertiary/aromatic N) is 2. The van der Waals surface area contributed by atoms with Gasteiger partial charge in [-0.15, -0.1) is 0 Å². The number of halogens is 1. The Labute approximate surface area is 228 Å². The van der Waals surface area contributed by atoms with Gasteiger partial charge in [0, 0.05) is 42.8 Å². The van der Waals surface area contributed by atoms with Crippen LogP contribution in [0.4, 0.5) is 10.1 Å². The normalized spacial score (nSPS) is 17.0. The molecule has 0 aromatic heterocycles. The molecular formula is C29H38FN5O4. The second kappa shape index (κ2) is 13.3. The molecule has 0 saturated carbocycles. The molecule has 210 valence electrons. The molecule has 10 heteroatoms. The summed E-state index contributed by atoms with van der Waals surface area (Å²) in [4.78, 5) is 54.1. The van der Waals surface area contributed by atoms with Crippen LogP contribution in [0, 0.1) is 11.7 Å². The van der Waals surface area contributed by atoms with Crippen molar-refractivity contribution >= 4 is 29.3 Å². The standard InChI is InChI=1S/C29H38FN5O4/c1-18(2)34-14-15-35(29(39)28(34)38)20(4)27(37)33-25(17-21-8-6-5-7-9-21)24(31)16-19(3)26(36)32-23-12-10-22(30)11-13-23/h5-13,18-20,24-25H,14-17,31H2,1-4H3,(H,32,36)(H,33,37)/t19-,20+,24+,25+/m1/s1. The predicted molar refractivity (Wildman–Crippen MR) is 147 cm³/mol. The fraction of sp³-hybridized carbons (Fsp3) is 0.448. The molecule has 39 heavy (non-hydrogen) atoms. The van der Waals surface area contributed by atoms with Gasteiger partial charge in [0.25, 0.3) is 0 Å². The number of piperazine rings is 1. The number of carbonyl (C=O) groups is 4. The molecule has 1 aliphatic rings. The SMILES string of the molecule is CC(C)N1CCN([C@@H](C)C(=O)N[C@@H](Cc2ccccc2)[C@@H](N)C[C@@H](C)C(=O)Nc2ccc(F)cc2)C(=O)C1=O. The van der Waals surface area contributed by atoms with Crippen molar-refractivity contribution < 1.29 is 23.6 Å². The number of hydrogen-bond donors (Lipinski definition) is 3. The maximum Gasteiger partial charge on any atom is 0.312 e. The smallest absolute Gasteiger partial charge is 0.312 e. The monoisotopic (exact) mass is 539 g/mol. The van der Waals surface area contributed by atoms with Crippen molar-refractivity contribution in [3.63, 3.8) is 0 Å². The molecule has 9 nitrogen and oxygen atoms in total. The molecule has 0 spiro atoms. The number of benzene rings is 2. The summed E-state index contributed by atoms with van der Waals surface area (Å²) in [6.07, 6.45) is 0.685. The number of amides is 4. The Balaban J connectivity index is 1.69. The van der Waals surface area contributed by atoms with E-state index in [1.54, 1.807) is 13.8 Å². The summed E-state index contributed by atoms with van der Waals surface area (Å²) >= 11 is 0. The van der Waals surface area contributed by atoms with Gasteiger partial charge in [0.15, 0.2) is 0 Å². The van der Waals surface area contributed by atoms with Crippen LogP contribution in [0.3, 0.4) is 0 Å². The van der Waals surface area contributed by atoms with Gasteiger partial charge in [-0.1, -0.05) is 37.3 Å². The minimum absolute atomic E-state index is 0.108. The van der Waals surface area contributed by atoms with E-state index in [1.165, 1.54) is 34.1 Å². The van der Waals surface area contributed by atoms with Crippen molar-refractivity contribution in [2.75, 3.05) is 18.4 Å². The third kappa shape index (κ3) is 7.86. The summed E-state index contributed by atoms with van der Waals surface area (Å²) in [7, 11) is 0. The van der Waals surface area contributed by atoms with Crippen LogP contribution in [0.25, 0.3) is 0 Å². The van der Waals surface area contributed by atoms with Crippen molar-refractivity contribution in [2.24, 2.45) is 11.7 Å². The lowest BCUT2D eigenvalue weighted by Crippen LogP contribution is -2.62. The molecule has 0 unspecified atom stereocenters. The van der Waals surface area contributed by atoms with E-state index in [1.807, 2.05) is 44.2 Å². The highest BCUT2D eigenvalue weighted by Crippen LogP contribution is 2.17. The molecule has 4 N–H and O–H groups in total. The average Bonchev–Trinajstić information content (AvgIpc) is 2.90. The quantitative estimate of drug-likeness (QED) is 0.378. The Bertz CT molecular complexity index is 1160. The first-order valence-electron chi connectivity index (χ1n) is 13.3. The van der Waals surface area contributed by atoms with E-state index in [0.717, 1.165) is 5.56 Å². The van der Waals surface area contributed by atoms with Gasteiger partial charge in [0.1, 0.15) is 11.9 Å². The Morgan fingerprint density at radius 1 is 0.897 bits per heavy atom. The first kappa shape index (κ1) is 29.8. The van der Waals surface area contributed by atoms with E-state index in [4.69, 9.17) is 5.73 Å². The highest BCUT2D eigenvalue weighted by molar-refractivity contribution is 6.35. The van der Waals surface area contributed by atoms with Crippen molar-refractivity contribution in [3.05, 3.63) is 66.0 Å². The molecule has 0 bridgehead atoms. The molecule has 4 atom stereocenters. The molecule has 1 aliphatic heterocycles. The minimum atomic E-state index is -0.875. The van der Waals surface area contributed by atoms with Crippen LogP contribution in [-0.4, -0.2) is 70.7 Å². The van der Waals surface area contributed by atoms with Crippen LogP contribution in [0.5, 0.6) is 0 Å². The molecule has 2 aromatic rings. The summed E-state index contributed by atoms with van der Waals surface area (Å²) in [5, 5.41) is 5.73. The van der Waals surface area contributed by atoms with Gasteiger partial charge in [0.05, 0.1) is 0 Å². The molecular weight excluding hydrogens is 501 g/mol. The summed E-state index contributed by atoms with van der Waals surface area (Å²) in [5.74, 6) is -2.91. The van der Waals surface area contributed by atoms with Crippen LogP contribution >= 0.6 is 0 Å². The fourth-order valence-corrected chi connectivity index (χ4v) is 4.63. The zero-order valence-corrected chi connectivity index (χ0v) is 22.9. The lowest BCUT2D eigenvalue weighted by atomic mass is 9.92. The maximum absolute atomic E-state index is 13.3. The molecule has 0 aliphatic carbocycles. The van der Waals surface area contributed by atoms with E-state index in [2.05, 4.69) is 10.6 Å². The summed E-state index contributed by atoms with van der Waals surface area (Å²) < 4.78 is 13.2. The Morgan fingerprint density at radius 3 is 2.10 bits per heavy atom. The Kier molecular flexibility index (Phi) is 10.2. The Morgan fingerprint density at radius 2 is 1.49 bits per heavy atom. The van der Waals surface area contributed by atoms with Crippen LogP contribution in [-0.2, 0) is 25.6 Å². The third-order valence-corrected chi connectivity index (χ3v) is 7.08. The highest BCUT2D eigenvalue weighted by Gasteiger charge is 2.38. The van der Waals surface area contributed by atoms with Crippen molar-refractivity contribution in [3.8, 4) is 0 Å². The van der Waals surface area contributed by atoms with Gasteiger partial charge < -0.3 is 26.2 Å². The molecule has 3 rings (SSSR count). The summed E-state index contributed by atoms with van der Waals surface area (Å²) in [5.41, 5.74) is 7.98. The number of carbonyl (C=O) groups excluding carboxylic acids is 4. The zero-order chi connectivity index (χ0) is 28.7. The highest BCUT2D eigenvalue weighted by atomic mass is 19.1. The van der Waals surface area contributed by atoms with Crippen molar-refractivity contribution in [2.45, 2.75) is 64.7 Å². The van der Waals surface area contributed by atoms with E-state index in [0.29, 0.717) is 18.7 Å². The molecule has 1 saturated heterocycles. The maximum atomic E-state index is 13.3. The van der Waals surface area contributed by atoms with Gasteiger partial charge >= 0.3 is 11.8 Å². The van der Waals surface area contributed by atoms with Crippen molar-refractivity contribution in [1.82, 2.24) is 15.1 Å². The van der Waals surface area contributed by atoms with Crippen LogP contribution < -0.4 is 16.4 Å². The van der Waals surface area contributed by atoms with Crippen molar-refractivity contribution in [1.29, 1.82) is 0 Å². The van der Waals surface area contributed by atoms with Gasteiger partial charge in [0.2, 0.25) is 11.8 Å². The number of nitrogens with one attached hydrogen (secondary N) is 2. The first-order valence-corrected chi connectivity index (χ1v) is 13.3. The lowest BCUT2D eigenvalue weighted by molar-refractivity contribution is -0.160. The molecule has 0 radical (unpaired) electrons. The topological polar surface area (TPSA) is 125 Å². The van der Waals surface area contributed by atoms with Crippen LogP contribution in [0.2, 0.25) is 0 Å². The summed E-state index contributed by atoms with van der Waals surface area (Å²) in [6, 6.07) is 12.9. The average molecular weight is 540 g/mol. The lowest BCUT2D eigenvalue weighted by Gasteiger charge is -2.39. The minimum Gasteiger partial charge on any atom is -0.350 e.